The molecular formula is C18H16ClF2N5O2S. The van der Waals surface area contributed by atoms with Crippen LogP contribution >= 0.6 is 23.4 Å². The van der Waals surface area contributed by atoms with Crippen molar-refractivity contribution in [2.75, 3.05) is 11.1 Å². The lowest BCUT2D eigenvalue weighted by Gasteiger charge is -2.10. The molecule has 0 fully saturated rings. The molecule has 0 saturated heterocycles. The first-order valence-corrected chi connectivity index (χ1v) is 9.85. The van der Waals surface area contributed by atoms with Crippen LogP contribution in [0.2, 0.25) is 5.02 Å². The Kier molecular flexibility index (Phi) is 6.99. The van der Waals surface area contributed by atoms with Gasteiger partial charge in [0.25, 0.3) is 0 Å². The minimum Gasteiger partial charge on any atom is -0.433 e. The van der Waals surface area contributed by atoms with E-state index in [2.05, 4.69) is 25.2 Å². The Labute approximate surface area is 174 Å². The monoisotopic (exact) mass is 439 g/mol. The highest BCUT2D eigenvalue weighted by Crippen LogP contribution is 2.29. The van der Waals surface area contributed by atoms with Crippen LogP contribution in [0.15, 0.2) is 47.9 Å². The highest BCUT2D eigenvalue weighted by atomic mass is 35.5. The number of hydrogen-bond donors (Lipinski definition) is 1. The lowest BCUT2D eigenvalue weighted by Crippen LogP contribution is -2.14. The number of nitrogens with zero attached hydrogens (tertiary/aromatic N) is 4. The van der Waals surface area contributed by atoms with Crippen molar-refractivity contribution in [2.45, 2.75) is 25.2 Å². The Morgan fingerprint density at radius 3 is 2.69 bits per heavy atom. The predicted molar refractivity (Wildman–Crippen MR) is 106 cm³/mol. The summed E-state index contributed by atoms with van der Waals surface area (Å²) in [7, 11) is 0. The van der Waals surface area contributed by atoms with E-state index in [0.717, 1.165) is 5.56 Å². The van der Waals surface area contributed by atoms with E-state index in [1.807, 2.05) is 23.6 Å². The van der Waals surface area contributed by atoms with Gasteiger partial charge in [0.15, 0.2) is 11.0 Å². The van der Waals surface area contributed by atoms with Gasteiger partial charge in [-0.3, -0.25) is 9.78 Å². The van der Waals surface area contributed by atoms with E-state index >= 15 is 0 Å². The number of benzene rings is 1. The zero-order valence-corrected chi connectivity index (χ0v) is 16.8. The zero-order valence-electron chi connectivity index (χ0n) is 15.2. The van der Waals surface area contributed by atoms with Crippen molar-refractivity contribution >= 4 is 35.0 Å². The number of anilines is 1. The molecule has 0 spiro atoms. The summed E-state index contributed by atoms with van der Waals surface area (Å²) in [5, 5.41) is 11.6. The summed E-state index contributed by atoms with van der Waals surface area (Å²) in [4.78, 5) is 16.2. The third-order valence-electron chi connectivity index (χ3n) is 3.74. The number of carbonyl (C=O) groups excluding carboxylic acids is 1. The first kappa shape index (κ1) is 21.0. The minimum absolute atomic E-state index is 0.0246. The maximum atomic E-state index is 12.3. The molecule has 7 nitrogen and oxygen atoms in total. The quantitative estimate of drug-likeness (QED) is 0.525. The number of halogens is 3. The lowest BCUT2D eigenvalue weighted by atomic mass is 10.2. The lowest BCUT2D eigenvalue weighted by molar-refractivity contribution is -0.113. The fourth-order valence-electron chi connectivity index (χ4n) is 2.49. The highest BCUT2D eigenvalue weighted by molar-refractivity contribution is 7.99. The highest BCUT2D eigenvalue weighted by Gasteiger charge is 2.15. The third kappa shape index (κ3) is 5.42. The number of pyridine rings is 1. The van der Waals surface area contributed by atoms with Gasteiger partial charge in [0.2, 0.25) is 5.91 Å². The van der Waals surface area contributed by atoms with Crippen LogP contribution in [0.3, 0.4) is 0 Å². The molecule has 29 heavy (non-hydrogen) atoms. The van der Waals surface area contributed by atoms with Crippen LogP contribution in [0.25, 0.3) is 11.4 Å². The molecule has 0 saturated carbocycles. The summed E-state index contributed by atoms with van der Waals surface area (Å²) >= 11 is 7.12. The van der Waals surface area contributed by atoms with Crippen molar-refractivity contribution in [3.8, 4) is 17.1 Å². The first-order valence-electron chi connectivity index (χ1n) is 8.48. The first-order chi connectivity index (χ1) is 14.0. The largest absolute Gasteiger partial charge is 0.433 e. The van der Waals surface area contributed by atoms with Gasteiger partial charge in [0.05, 0.1) is 10.8 Å². The van der Waals surface area contributed by atoms with Crippen LogP contribution in [0.1, 0.15) is 6.92 Å². The zero-order chi connectivity index (χ0) is 20.8. The average molecular weight is 440 g/mol. The molecule has 1 amide bonds. The topological polar surface area (TPSA) is 81.9 Å². The molecule has 1 aromatic carbocycles. The number of alkyl halides is 2. The molecule has 3 rings (SSSR count). The number of amides is 1. The minimum atomic E-state index is -2.97. The van der Waals surface area contributed by atoms with Crippen LogP contribution in [0, 0.1) is 0 Å². The summed E-state index contributed by atoms with van der Waals surface area (Å²) in [5.41, 5.74) is 1.25. The predicted octanol–water partition coefficient (Wildman–Crippen LogP) is 4.35. The van der Waals surface area contributed by atoms with Gasteiger partial charge in [-0.2, -0.15) is 8.78 Å². The molecule has 2 heterocycles. The van der Waals surface area contributed by atoms with Crippen molar-refractivity contribution in [1.82, 2.24) is 19.7 Å². The van der Waals surface area contributed by atoms with Crippen LogP contribution in [-0.4, -0.2) is 38.0 Å². The molecule has 0 aliphatic rings. The molecule has 3 aromatic rings. The van der Waals surface area contributed by atoms with E-state index in [0.29, 0.717) is 23.2 Å². The Hall–Kier alpha value is -2.72. The van der Waals surface area contributed by atoms with Gasteiger partial charge >= 0.3 is 6.61 Å². The summed E-state index contributed by atoms with van der Waals surface area (Å²) in [6.45, 7) is -0.378. The van der Waals surface area contributed by atoms with E-state index in [1.165, 1.54) is 30.0 Å². The fraction of sp³-hybridized carbons (Fsp3) is 0.222. The van der Waals surface area contributed by atoms with Crippen molar-refractivity contribution in [3.63, 3.8) is 0 Å². The normalized spacial score (nSPS) is 10.9. The molecule has 11 heteroatoms. The molecule has 0 aliphatic carbocycles. The fourth-order valence-corrected chi connectivity index (χ4v) is 3.52. The molecule has 0 bridgehead atoms. The number of rotatable bonds is 8. The second kappa shape index (κ2) is 9.66. The second-order valence-electron chi connectivity index (χ2n) is 5.65. The molecule has 0 atom stereocenters. The summed E-state index contributed by atoms with van der Waals surface area (Å²) in [6, 6.07) is 7.72. The van der Waals surface area contributed by atoms with Gasteiger partial charge < -0.3 is 14.6 Å². The van der Waals surface area contributed by atoms with E-state index < -0.39 is 6.61 Å². The van der Waals surface area contributed by atoms with Crippen LogP contribution in [0.4, 0.5) is 14.5 Å². The molecule has 0 radical (unpaired) electrons. The smallest absolute Gasteiger partial charge is 0.387 e. The summed E-state index contributed by atoms with van der Waals surface area (Å²) < 4.78 is 30.7. The van der Waals surface area contributed by atoms with Gasteiger partial charge in [-0.25, -0.2) is 0 Å². The Bertz CT molecular complexity index is 988. The Balaban J connectivity index is 1.63. The van der Waals surface area contributed by atoms with E-state index in [4.69, 9.17) is 11.6 Å². The van der Waals surface area contributed by atoms with E-state index in [1.54, 1.807) is 12.4 Å². The molecular weight excluding hydrogens is 424 g/mol. The third-order valence-corrected chi connectivity index (χ3v) is 5.00. The van der Waals surface area contributed by atoms with Crippen molar-refractivity contribution in [2.24, 2.45) is 0 Å². The van der Waals surface area contributed by atoms with Gasteiger partial charge in [-0.15, -0.1) is 10.2 Å². The van der Waals surface area contributed by atoms with Crippen LogP contribution < -0.4 is 10.1 Å². The average Bonchev–Trinajstić information content (AvgIpc) is 3.12. The molecule has 2 aromatic heterocycles. The van der Waals surface area contributed by atoms with Crippen molar-refractivity contribution < 1.29 is 18.3 Å². The van der Waals surface area contributed by atoms with E-state index in [-0.39, 0.29) is 22.4 Å². The summed E-state index contributed by atoms with van der Waals surface area (Å²) in [6.07, 6.45) is 3.35. The SMILES string of the molecule is CCn1c(SCC(=O)Nc2ccc(OC(F)F)c(Cl)c2)nnc1-c1ccncc1. The van der Waals surface area contributed by atoms with Crippen molar-refractivity contribution in [3.05, 3.63) is 47.7 Å². The van der Waals surface area contributed by atoms with Gasteiger partial charge in [0, 0.05) is 30.2 Å². The van der Waals surface area contributed by atoms with Crippen LogP contribution in [-0.2, 0) is 11.3 Å². The number of hydrogen-bond acceptors (Lipinski definition) is 6. The Morgan fingerprint density at radius 2 is 2.03 bits per heavy atom. The van der Waals surface area contributed by atoms with Gasteiger partial charge in [-0.1, -0.05) is 23.4 Å². The molecule has 0 unspecified atom stereocenters. The standard InChI is InChI=1S/C18H16ClF2N5O2S/c1-2-26-16(11-5-7-22-8-6-11)24-25-18(26)29-10-15(27)23-12-3-4-14(13(19)9-12)28-17(20)21/h3-9,17H,2,10H2,1H3,(H,23,27). The number of thioether (sulfide) groups is 1. The van der Waals surface area contributed by atoms with Gasteiger partial charge in [-0.05, 0) is 37.3 Å². The second-order valence-corrected chi connectivity index (χ2v) is 7.00. The maximum Gasteiger partial charge on any atom is 0.387 e. The number of ether oxygens (including phenoxy) is 1. The number of nitrogens with one attached hydrogen (secondary N) is 1. The number of aromatic nitrogens is 4. The van der Waals surface area contributed by atoms with E-state index in [9.17, 15) is 13.6 Å². The molecule has 152 valence electrons. The van der Waals surface area contributed by atoms with Crippen molar-refractivity contribution in [1.29, 1.82) is 0 Å². The maximum absolute atomic E-state index is 12.3. The molecule has 1 N–H and O–H groups in total. The Morgan fingerprint density at radius 1 is 1.28 bits per heavy atom. The van der Waals surface area contributed by atoms with Crippen LogP contribution in [0.5, 0.6) is 5.75 Å². The summed E-state index contributed by atoms with van der Waals surface area (Å²) in [5.74, 6) is 0.319. The van der Waals surface area contributed by atoms with Gasteiger partial charge in [0.1, 0.15) is 5.75 Å². The molecule has 0 aliphatic heterocycles. The number of carbonyl (C=O) groups is 1.